The molecule has 1 aromatic heterocycles. The highest BCUT2D eigenvalue weighted by atomic mass is 32.2. The van der Waals surface area contributed by atoms with E-state index in [4.69, 9.17) is 4.42 Å². The third kappa shape index (κ3) is 5.24. The number of benzene rings is 2. The molecule has 0 unspecified atom stereocenters. The van der Waals surface area contributed by atoms with Crippen molar-refractivity contribution in [3.63, 3.8) is 0 Å². The maximum absolute atomic E-state index is 12.7. The largest absolute Gasteiger partial charge is 0.459 e. The highest BCUT2D eigenvalue weighted by Gasteiger charge is 2.33. The fraction of sp³-hybridized carbons (Fsp3) is 0.308. The molecule has 3 heterocycles. The van der Waals surface area contributed by atoms with E-state index in [1.807, 2.05) is 37.3 Å². The van der Waals surface area contributed by atoms with Gasteiger partial charge in [-0.2, -0.15) is 4.99 Å². The Kier molecular flexibility index (Phi) is 6.59. The molecule has 180 valence electrons. The Labute approximate surface area is 207 Å². The van der Waals surface area contributed by atoms with Crippen molar-refractivity contribution in [3.8, 4) is 0 Å². The number of nitrogens with zero attached hydrogens (tertiary/aromatic N) is 2. The number of hydrogen-bond acceptors (Lipinski definition) is 6. The van der Waals surface area contributed by atoms with Gasteiger partial charge in [-0.05, 0) is 56.2 Å². The molecule has 0 saturated carbocycles. The Morgan fingerprint density at radius 2 is 1.89 bits per heavy atom. The van der Waals surface area contributed by atoms with Gasteiger partial charge in [0.2, 0.25) is 5.91 Å². The molecule has 3 aromatic rings. The van der Waals surface area contributed by atoms with Crippen LogP contribution in [0.4, 0.5) is 5.69 Å². The van der Waals surface area contributed by atoms with Crippen molar-refractivity contribution < 1.29 is 18.8 Å². The van der Waals surface area contributed by atoms with Gasteiger partial charge in [-0.3, -0.25) is 14.4 Å². The van der Waals surface area contributed by atoms with E-state index in [-0.39, 0.29) is 30.2 Å². The lowest BCUT2D eigenvalue weighted by molar-refractivity contribution is -0.121. The predicted octanol–water partition coefficient (Wildman–Crippen LogP) is 4.35. The standard InChI is InChI=1S/C26H26N4O4S/c1-16(21-14-18-6-2-3-7-20(18)34-21)27-24(32)17-8-10-19(11-9-17)28-23(31)15-22-25(33)29-26(35-22)30-12-4-5-13-30/h2-3,6-11,14,16,22H,4-5,12-13,15H2,1H3,(H,27,32)(H,28,31)/t16-,22-/m0/s1. The number of anilines is 1. The SMILES string of the molecule is C[C@H](NC(=O)c1ccc(NC(=O)C[C@@H]2SC(N3CCCC3)=NC2=O)cc1)c1cc2ccccc2o1. The molecule has 0 spiro atoms. The Bertz CT molecular complexity index is 1260. The first kappa shape index (κ1) is 23.2. The van der Waals surface area contributed by atoms with Crippen LogP contribution in [0.25, 0.3) is 11.0 Å². The molecule has 2 N–H and O–H groups in total. The van der Waals surface area contributed by atoms with E-state index in [1.165, 1.54) is 11.8 Å². The minimum absolute atomic E-state index is 0.0571. The van der Waals surface area contributed by atoms with Crippen molar-refractivity contribution in [2.45, 2.75) is 37.5 Å². The summed E-state index contributed by atoms with van der Waals surface area (Å²) in [5.41, 5.74) is 1.81. The first-order valence-corrected chi connectivity index (χ1v) is 12.6. The van der Waals surface area contributed by atoms with Gasteiger partial charge < -0.3 is 20.0 Å². The van der Waals surface area contributed by atoms with Gasteiger partial charge in [0.25, 0.3) is 11.8 Å². The fourth-order valence-electron chi connectivity index (χ4n) is 4.21. The summed E-state index contributed by atoms with van der Waals surface area (Å²) in [6.07, 6.45) is 2.26. The monoisotopic (exact) mass is 490 g/mol. The molecule has 35 heavy (non-hydrogen) atoms. The Balaban J connectivity index is 1.13. The van der Waals surface area contributed by atoms with Crippen molar-refractivity contribution in [1.82, 2.24) is 10.2 Å². The van der Waals surface area contributed by atoms with E-state index in [9.17, 15) is 14.4 Å². The number of amidine groups is 1. The van der Waals surface area contributed by atoms with Gasteiger partial charge in [-0.25, -0.2) is 0 Å². The van der Waals surface area contributed by atoms with Crippen LogP contribution in [-0.4, -0.2) is 46.1 Å². The number of aliphatic imine (C=N–C) groups is 1. The van der Waals surface area contributed by atoms with Crippen LogP contribution in [0.1, 0.15) is 48.3 Å². The Morgan fingerprint density at radius 1 is 1.14 bits per heavy atom. The summed E-state index contributed by atoms with van der Waals surface area (Å²) in [6.45, 7) is 3.69. The normalized spacial score (nSPS) is 18.5. The zero-order chi connectivity index (χ0) is 24.4. The van der Waals surface area contributed by atoms with Crippen molar-refractivity contribution in [3.05, 3.63) is 65.9 Å². The molecule has 0 bridgehead atoms. The lowest BCUT2D eigenvalue weighted by Crippen LogP contribution is -2.26. The second-order valence-electron chi connectivity index (χ2n) is 8.74. The van der Waals surface area contributed by atoms with E-state index in [0.29, 0.717) is 17.0 Å². The Morgan fingerprint density at radius 3 is 2.63 bits per heavy atom. The van der Waals surface area contributed by atoms with Crippen LogP contribution >= 0.6 is 11.8 Å². The summed E-state index contributed by atoms with van der Waals surface area (Å²) >= 11 is 1.37. The minimum Gasteiger partial charge on any atom is -0.459 e. The second kappa shape index (κ2) is 9.95. The van der Waals surface area contributed by atoms with Gasteiger partial charge in [0, 0.05) is 36.1 Å². The maximum atomic E-state index is 12.7. The maximum Gasteiger partial charge on any atom is 0.262 e. The smallest absolute Gasteiger partial charge is 0.262 e. The summed E-state index contributed by atoms with van der Waals surface area (Å²) in [5, 5.41) is 6.97. The molecule has 2 aliphatic rings. The number of para-hydroxylation sites is 1. The topological polar surface area (TPSA) is 104 Å². The predicted molar refractivity (Wildman–Crippen MR) is 136 cm³/mol. The van der Waals surface area contributed by atoms with E-state index in [1.54, 1.807) is 24.3 Å². The fourth-order valence-corrected chi connectivity index (χ4v) is 5.32. The highest BCUT2D eigenvalue weighted by molar-refractivity contribution is 8.15. The van der Waals surface area contributed by atoms with Crippen molar-refractivity contribution in [2.24, 2.45) is 4.99 Å². The summed E-state index contributed by atoms with van der Waals surface area (Å²) in [5.74, 6) is -0.0721. The Hall–Kier alpha value is -3.59. The number of amides is 3. The van der Waals surface area contributed by atoms with Crippen LogP contribution in [0, 0.1) is 0 Å². The minimum atomic E-state index is -0.490. The average molecular weight is 491 g/mol. The lowest BCUT2D eigenvalue weighted by atomic mass is 10.1. The quantitative estimate of drug-likeness (QED) is 0.533. The number of carbonyl (C=O) groups excluding carboxylic acids is 3. The zero-order valence-electron chi connectivity index (χ0n) is 19.3. The number of rotatable bonds is 6. The van der Waals surface area contributed by atoms with Gasteiger partial charge in [-0.1, -0.05) is 30.0 Å². The third-order valence-electron chi connectivity index (χ3n) is 6.13. The molecule has 5 rings (SSSR count). The van der Waals surface area contributed by atoms with Gasteiger partial charge in [0.1, 0.15) is 16.6 Å². The molecule has 0 aliphatic carbocycles. The molecule has 2 aliphatic heterocycles. The molecule has 1 fully saturated rings. The molecule has 2 aromatic carbocycles. The first-order chi connectivity index (χ1) is 17.0. The number of nitrogens with one attached hydrogen (secondary N) is 2. The first-order valence-electron chi connectivity index (χ1n) is 11.7. The lowest BCUT2D eigenvalue weighted by Gasteiger charge is -2.16. The van der Waals surface area contributed by atoms with Crippen molar-refractivity contribution >= 4 is 51.3 Å². The number of thioether (sulfide) groups is 1. The zero-order valence-corrected chi connectivity index (χ0v) is 20.1. The number of hydrogen-bond donors (Lipinski definition) is 2. The number of likely N-dealkylation sites (tertiary alicyclic amines) is 1. The summed E-state index contributed by atoms with van der Waals surface area (Å²) < 4.78 is 5.83. The van der Waals surface area contributed by atoms with E-state index >= 15 is 0 Å². The highest BCUT2D eigenvalue weighted by Crippen LogP contribution is 2.29. The van der Waals surface area contributed by atoms with Gasteiger partial charge >= 0.3 is 0 Å². The molecule has 1 saturated heterocycles. The van der Waals surface area contributed by atoms with Crippen LogP contribution in [0.2, 0.25) is 0 Å². The van der Waals surface area contributed by atoms with Gasteiger partial charge in [0.15, 0.2) is 5.17 Å². The molecule has 9 heteroatoms. The van der Waals surface area contributed by atoms with Crippen LogP contribution < -0.4 is 10.6 Å². The molecule has 2 atom stereocenters. The third-order valence-corrected chi connectivity index (χ3v) is 7.34. The van der Waals surface area contributed by atoms with Crippen molar-refractivity contribution in [2.75, 3.05) is 18.4 Å². The average Bonchev–Trinajstić information content (AvgIpc) is 3.60. The summed E-state index contributed by atoms with van der Waals surface area (Å²) in [4.78, 5) is 43.7. The van der Waals surface area contributed by atoms with E-state index < -0.39 is 5.25 Å². The van der Waals surface area contributed by atoms with Gasteiger partial charge in [0.05, 0.1) is 6.04 Å². The number of furan rings is 1. The van der Waals surface area contributed by atoms with Crippen LogP contribution in [-0.2, 0) is 9.59 Å². The number of carbonyl (C=O) groups is 3. The number of fused-ring (bicyclic) bond motifs is 1. The second-order valence-corrected chi connectivity index (χ2v) is 9.91. The molecular formula is C26H26N4O4S. The van der Waals surface area contributed by atoms with Crippen LogP contribution in [0.15, 0.2) is 64.0 Å². The summed E-state index contributed by atoms with van der Waals surface area (Å²) in [7, 11) is 0. The molecule has 0 radical (unpaired) electrons. The van der Waals surface area contributed by atoms with E-state index in [0.717, 1.165) is 42.1 Å². The molecule has 3 amide bonds. The summed E-state index contributed by atoms with van der Waals surface area (Å²) in [6, 6.07) is 16.0. The molecule has 8 nitrogen and oxygen atoms in total. The van der Waals surface area contributed by atoms with Crippen LogP contribution in [0.3, 0.4) is 0 Å². The van der Waals surface area contributed by atoms with Crippen LogP contribution in [0.5, 0.6) is 0 Å². The van der Waals surface area contributed by atoms with Gasteiger partial charge in [-0.15, -0.1) is 0 Å². The molecular weight excluding hydrogens is 464 g/mol. The van der Waals surface area contributed by atoms with E-state index in [2.05, 4.69) is 20.5 Å². The van der Waals surface area contributed by atoms with Crippen molar-refractivity contribution in [1.29, 1.82) is 0 Å².